The first-order valence-corrected chi connectivity index (χ1v) is 11.0. The summed E-state index contributed by atoms with van der Waals surface area (Å²) in [7, 11) is 2.20. The van der Waals surface area contributed by atoms with Crippen molar-refractivity contribution >= 4 is 11.9 Å². The van der Waals surface area contributed by atoms with Crippen LogP contribution in [0.5, 0.6) is 0 Å². The summed E-state index contributed by atoms with van der Waals surface area (Å²) in [5.74, 6) is -1.80. The van der Waals surface area contributed by atoms with Crippen molar-refractivity contribution in [3.8, 4) is 0 Å². The molecule has 4 rings (SSSR count). The number of piperidine rings is 1. The molecule has 0 bridgehead atoms. The molecular formula is C23H31F3N2O4. The molecule has 1 aromatic carbocycles. The van der Waals surface area contributed by atoms with Crippen molar-refractivity contribution in [3.05, 3.63) is 35.9 Å². The summed E-state index contributed by atoms with van der Waals surface area (Å²) in [6.07, 6.45) is 1.04. The van der Waals surface area contributed by atoms with E-state index in [1.165, 1.54) is 25.7 Å². The molecule has 0 aromatic heterocycles. The lowest BCUT2D eigenvalue weighted by Gasteiger charge is -2.37. The third kappa shape index (κ3) is 6.68. The van der Waals surface area contributed by atoms with Gasteiger partial charge < -0.3 is 19.6 Å². The van der Waals surface area contributed by atoms with Gasteiger partial charge in [0.1, 0.15) is 0 Å². The van der Waals surface area contributed by atoms with Crippen LogP contribution in [-0.4, -0.2) is 78.9 Å². The van der Waals surface area contributed by atoms with Crippen molar-refractivity contribution in [1.82, 2.24) is 9.80 Å². The highest BCUT2D eigenvalue weighted by atomic mass is 19.4. The number of ether oxygens (including phenoxy) is 1. The first-order chi connectivity index (χ1) is 15.1. The molecule has 9 heteroatoms. The second-order valence-corrected chi connectivity index (χ2v) is 9.24. The van der Waals surface area contributed by atoms with E-state index in [1.54, 1.807) is 0 Å². The molecule has 1 aliphatic carbocycles. The fourth-order valence-corrected chi connectivity index (χ4v) is 4.41. The number of carboxylic acid groups (broad SMARTS) is 1. The van der Waals surface area contributed by atoms with Crippen LogP contribution in [0.15, 0.2) is 30.3 Å². The molecule has 2 aliphatic heterocycles. The van der Waals surface area contributed by atoms with Crippen LogP contribution in [0.4, 0.5) is 13.2 Å². The highest BCUT2D eigenvalue weighted by Gasteiger charge is 2.47. The highest BCUT2D eigenvalue weighted by molar-refractivity contribution is 5.94. The molecule has 1 unspecified atom stereocenters. The molecule has 6 nitrogen and oxygen atoms in total. The maximum absolute atomic E-state index is 13.1. The molecule has 1 amide bonds. The molecule has 3 fully saturated rings. The van der Waals surface area contributed by atoms with Gasteiger partial charge in [-0.15, -0.1) is 0 Å². The van der Waals surface area contributed by atoms with E-state index in [2.05, 4.69) is 16.8 Å². The summed E-state index contributed by atoms with van der Waals surface area (Å²) in [6, 6.07) is 9.97. The summed E-state index contributed by atoms with van der Waals surface area (Å²) >= 11 is 0. The largest absolute Gasteiger partial charge is 0.490 e. The van der Waals surface area contributed by atoms with E-state index in [9.17, 15) is 18.0 Å². The predicted molar refractivity (Wildman–Crippen MR) is 112 cm³/mol. The molecule has 1 atom stereocenters. The topological polar surface area (TPSA) is 70.1 Å². The highest BCUT2D eigenvalue weighted by Crippen LogP contribution is 2.44. The lowest BCUT2D eigenvalue weighted by Crippen LogP contribution is -2.41. The molecule has 3 aliphatic rings. The third-order valence-corrected chi connectivity index (χ3v) is 6.55. The smallest absolute Gasteiger partial charge is 0.475 e. The van der Waals surface area contributed by atoms with Gasteiger partial charge >= 0.3 is 12.1 Å². The minimum atomic E-state index is -5.08. The lowest BCUT2D eigenvalue weighted by molar-refractivity contribution is -0.192. The number of nitrogens with zero attached hydrogens (tertiary/aromatic N) is 2. The van der Waals surface area contributed by atoms with E-state index in [-0.39, 0.29) is 11.9 Å². The van der Waals surface area contributed by atoms with Crippen molar-refractivity contribution in [2.45, 2.75) is 44.3 Å². The number of amides is 1. The number of carboxylic acids is 1. The Balaban J connectivity index is 0.000000360. The van der Waals surface area contributed by atoms with Gasteiger partial charge in [0.25, 0.3) is 5.91 Å². The molecule has 178 valence electrons. The standard InChI is InChI=1S/C21H30N2O2.C2HF3O2/c1-22-11-9-21(10-12-22)13-19(15-25-14-17-7-8-17)23(16-21)20(24)18-5-3-2-4-6-18;3-2(4,5)1(6)7/h2-6,17,19H,7-16H2,1H3;(H,6,7). The van der Waals surface area contributed by atoms with E-state index < -0.39 is 12.1 Å². The Morgan fingerprint density at radius 1 is 1.12 bits per heavy atom. The Kier molecular flexibility index (Phi) is 7.82. The minimum Gasteiger partial charge on any atom is -0.475 e. The van der Waals surface area contributed by atoms with Crippen LogP contribution in [0.2, 0.25) is 0 Å². The maximum atomic E-state index is 13.1. The molecule has 1 spiro atoms. The van der Waals surface area contributed by atoms with Crippen LogP contribution in [0.3, 0.4) is 0 Å². The summed E-state index contributed by atoms with van der Waals surface area (Å²) in [5, 5.41) is 7.12. The second kappa shape index (κ2) is 10.2. The van der Waals surface area contributed by atoms with Crippen molar-refractivity contribution in [2.75, 3.05) is 39.9 Å². The van der Waals surface area contributed by atoms with Crippen molar-refractivity contribution in [1.29, 1.82) is 0 Å². The first kappa shape index (κ1) is 24.5. The Morgan fingerprint density at radius 2 is 1.72 bits per heavy atom. The van der Waals surface area contributed by atoms with Crippen molar-refractivity contribution in [3.63, 3.8) is 0 Å². The van der Waals surface area contributed by atoms with E-state index in [4.69, 9.17) is 14.6 Å². The van der Waals surface area contributed by atoms with Crippen molar-refractivity contribution < 1.29 is 32.6 Å². The van der Waals surface area contributed by atoms with Gasteiger partial charge in [0.05, 0.1) is 12.6 Å². The minimum absolute atomic E-state index is 0.177. The summed E-state index contributed by atoms with van der Waals surface area (Å²) in [5.41, 5.74) is 1.10. The zero-order valence-corrected chi connectivity index (χ0v) is 18.3. The number of likely N-dealkylation sites (tertiary alicyclic amines) is 2. The fraction of sp³-hybridized carbons (Fsp3) is 0.652. The Bertz CT molecular complexity index is 775. The van der Waals surface area contributed by atoms with Crippen LogP contribution >= 0.6 is 0 Å². The van der Waals surface area contributed by atoms with Crippen LogP contribution in [0, 0.1) is 11.3 Å². The van der Waals surface area contributed by atoms with Crippen LogP contribution in [0.1, 0.15) is 42.5 Å². The van der Waals surface area contributed by atoms with Gasteiger partial charge in [-0.1, -0.05) is 18.2 Å². The van der Waals surface area contributed by atoms with Gasteiger partial charge in [0.15, 0.2) is 0 Å². The number of alkyl halides is 3. The van der Waals surface area contributed by atoms with Crippen molar-refractivity contribution in [2.24, 2.45) is 11.3 Å². The molecule has 1 aromatic rings. The predicted octanol–water partition coefficient (Wildman–Crippen LogP) is 3.67. The molecular weight excluding hydrogens is 425 g/mol. The quantitative estimate of drug-likeness (QED) is 0.732. The molecule has 0 radical (unpaired) electrons. The number of carbonyl (C=O) groups excluding carboxylic acids is 1. The first-order valence-electron chi connectivity index (χ1n) is 11.0. The number of aliphatic carboxylic acids is 1. The van der Waals surface area contributed by atoms with Crippen LogP contribution in [-0.2, 0) is 9.53 Å². The maximum Gasteiger partial charge on any atom is 0.490 e. The zero-order chi connectivity index (χ0) is 23.4. The van der Waals surface area contributed by atoms with E-state index in [0.717, 1.165) is 44.1 Å². The van der Waals surface area contributed by atoms with Gasteiger partial charge in [0.2, 0.25) is 0 Å². The van der Waals surface area contributed by atoms with Gasteiger partial charge in [-0.25, -0.2) is 4.79 Å². The number of benzene rings is 1. The molecule has 1 N–H and O–H groups in total. The number of rotatable bonds is 5. The number of carbonyl (C=O) groups is 2. The number of hydrogen-bond acceptors (Lipinski definition) is 4. The summed E-state index contributed by atoms with van der Waals surface area (Å²) < 4.78 is 37.7. The van der Waals surface area contributed by atoms with E-state index >= 15 is 0 Å². The van der Waals surface area contributed by atoms with E-state index in [0.29, 0.717) is 12.0 Å². The van der Waals surface area contributed by atoms with Gasteiger partial charge in [-0.3, -0.25) is 4.79 Å². The number of halogens is 3. The Labute approximate surface area is 186 Å². The van der Waals surface area contributed by atoms with Gasteiger partial charge in [0, 0.05) is 18.7 Å². The monoisotopic (exact) mass is 456 g/mol. The van der Waals surface area contributed by atoms with Crippen LogP contribution < -0.4 is 0 Å². The summed E-state index contributed by atoms with van der Waals surface area (Å²) in [6.45, 7) is 4.75. The third-order valence-electron chi connectivity index (χ3n) is 6.55. The zero-order valence-electron chi connectivity index (χ0n) is 18.3. The van der Waals surface area contributed by atoms with Gasteiger partial charge in [-0.2, -0.15) is 13.2 Å². The molecule has 32 heavy (non-hydrogen) atoms. The lowest BCUT2D eigenvalue weighted by atomic mass is 9.77. The average Bonchev–Trinajstić information content (AvgIpc) is 3.51. The van der Waals surface area contributed by atoms with Gasteiger partial charge in [-0.05, 0) is 75.7 Å². The average molecular weight is 457 g/mol. The number of hydrogen-bond donors (Lipinski definition) is 1. The summed E-state index contributed by atoms with van der Waals surface area (Å²) in [4.78, 5) is 26.5. The fourth-order valence-electron chi connectivity index (χ4n) is 4.41. The Morgan fingerprint density at radius 3 is 2.25 bits per heavy atom. The Hall–Kier alpha value is -2.13. The SMILES string of the molecule is CN1CCC2(CC1)CC(COCC1CC1)N(C(=O)c1ccccc1)C2.O=C(O)C(F)(F)F. The van der Waals surface area contributed by atoms with E-state index in [1.807, 2.05) is 30.3 Å². The molecule has 2 saturated heterocycles. The molecule has 1 saturated carbocycles. The normalized spacial score (nSPS) is 23.0. The second-order valence-electron chi connectivity index (χ2n) is 9.24. The van der Waals surface area contributed by atoms with Crippen LogP contribution in [0.25, 0.3) is 0 Å². The molecule has 2 heterocycles.